The molecule has 1 amide bonds. The minimum Gasteiger partial charge on any atom is -0.455 e. The van der Waals surface area contributed by atoms with Crippen molar-refractivity contribution in [3.8, 4) is 0 Å². The monoisotopic (exact) mass is 334 g/mol. The first kappa shape index (κ1) is 17.4. The van der Waals surface area contributed by atoms with Gasteiger partial charge in [-0.1, -0.05) is 18.2 Å². The molecule has 0 radical (unpaired) electrons. The molecule has 0 unspecified atom stereocenters. The number of aryl methyl sites for hydroxylation is 1. The fourth-order valence-corrected chi connectivity index (χ4v) is 3.30. The van der Waals surface area contributed by atoms with Gasteiger partial charge < -0.3 is 14.6 Å². The summed E-state index contributed by atoms with van der Waals surface area (Å²) in [4.78, 5) is 14.7. The lowest BCUT2D eigenvalue weighted by Crippen LogP contribution is -2.31. The Bertz CT molecular complexity index is 695. The number of hydrogen-bond donors (Lipinski definition) is 1. The molecule has 23 heavy (non-hydrogen) atoms. The van der Waals surface area contributed by atoms with E-state index in [4.69, 9.17) is 4.42 Å². The Morgan fingerprint density at radius 1 is 1.22 bits per heavy atom. The number of carbonyl (C=O) groups excluding carboxylic acids is 1. The maximum Gasteiger partial charge on any atom is 0.287 e. The van der Waals surface area contributed by atoms with E-state index in [9.17, 15) is 9.00 Å². The van der Waals surface area contributed by atoms with E-state index in [0.29, 0.717) is 12.3 Å². The zero-order chi connectivity index (χ0) is 16.8. The lowest BCUT2D eigenvalue weighted by molar-refractivity contribution is 0.0922. The Kier molecular flexibility index (Phi) is 6.12. The molecule has 5 nitrogen and oxygen atoms in total. The number of nitrogens with zero attached hydrogens (tertiary/aromatic N) is 1. The van der Waals surface area contributed by atoms with Crippen LogP contribution in [0.1, 0.15) is 21.9 Å². The molecule has 6 heteroatoms. The van der Waals surface area contributed by atoms with Crippen molar-refractivity contribution in [1.82, 2.24) is 10.2 Å². The summed E-state index contributed by atoms with van der Waals surface area (Å²) in [6, 6.07) is 10.9. The average Bonchev–Trinajstić information content (AvgIpc) is 2.95. The van der Waals surface area contributed by atoms with Crippen LogP contribution in [0.25, 0.3) is 0 Å². The van der Waals surface area contributed by atoms with E-state index in [0.717, 1.165) is 17.0 Å². The lowest BCUT2D eigenvalue weighted by Gasteiger charge is -2.09. The third-order valence-electron chi connectivity index (χ3n) is 3.34. The van der Waals surface area contributed by atoms with Gasteiger partial charge >= 0.3 is 0 Å². The van der Waals surface area contributed by atoms with Crippen LogP contribution in [0.4, 0.5) is 0 Å². The smallest absolute Gasteiger partial charge is 0.287 e. The van der Waals surface area contributed by atoms with Crippen molar-refractivity contribution >= 4 is 16.7 Å². The van der Waals surface area contributed by atoms with Gasteiger partial charge in [-0.15, -0.1) is 0 Å². The summed E-state index contributed by atoms with van der Waals surface area (Å²) >= 11 is 0. The van der Waals surface area contributed by atoms with Gasteiger partial charge in [-0.05, 0) is 44.8 Å². The number of furan rings is 1. The van der Waals surface area contributed by atoms with E-state index in [1.165, 1.54) is 0 Å². The molecule has 0 spiro atoms. The van der Waals surface area contributed by atoms with E-state index >= 15 is 0 Å². The van der Waals surface area contributed by atoms with Gasteiger partial charge in [0.1, 0.15) is 5.76 Å². The summed E-state index contributed by atoms with van der Waals surface area (Å²) in [5.41, 5.74) is 0.985. The summed E-state index contributed by atoms with van der Waals surface area (Å²) in [5, 5.41) is 2.79. The van der Waals surface area contributed by atoms with Crippen molar-refractivity contribution in [2.45, 2.75) is 17.6 Å². The molecule has 2 rings (SSSR count). The van der Waals surface area contributed by atoms with Gasteiger partial charge in [0.05, 0.1) is 16.6 Å². The van der Waals surface area contributed by atoms with Gasteiger partial charge in [-0.25, -0.2) is 0 Å². The number of likely N-dealkylation sites (N-methyl/N-ethyl adjacent to an activating group) is 1. The highest BCUT2D eigenvalue weighted by atomic mass is 32.2. The van der Waals surface area contributed by atoms with Crippen LogP contribution in [-0.2, 0) is 16.6 Å². The second-order valence-corrected chi connectivity index (χ2v) is 7.00. The molecule has 0 aliphatic carbocycles. The molecule has 0 saturated heterocycles. The lowest BCUT2D eigenvalue weighted by atomic mass is 10.2. The molecular formula is C17H22N2O3S. The molecule has 0 fully saturated rings. The first-order chi connectivity index (χ1) is 11.0. The fraction of sp³-hybridized carbons (Fsp3) is 0.353. The third-order valence-corrected chi connectivity index (χ3v) is 4.84. The number of nitrogens with one attached hydrogen (secondary N) is 1. The molecule has 1 atom stereocenters. The highest BCUT2D eigenvalue weighted by Gasteiger charge is 2.14. The average molecular weight is 334 g/mol. The van der Waals surface area contributed by atoms with E-state index in [1.54, 1.807) is 12.1 Å². The van der Waals surface area contributed by atoms with Crippen LogP contribution < -0.4 is 5.32 Å². The quantitative estimate of drug-likeness (QED) is 0.843. The van der Waals surface area contributed by atoms with E-state index in [-0.39, 0.29) is 17.4 Å². The van der Waals surface area contributed by atoms with E-state index < -0.39 is 10.8 Å². The molecule has 0 saturated carbocycles. The van der Waals surface area contributed by atoms with Crippen LogP contribution in [0.15, 0.2) is 45.7 Å². The number of hydrogen-bond acceptors (Lipinski definition) is 4. The van der Waals surface area contributed by atoms with Crippen LogP contribution in [-0.4, -0.2) is 42.2 Å². The van der Waals surface area contributed by atoms with Gasteiger partial charge in [0, 0.05) is 18.0 Å². The number of amides is 1. The van der Waals surface area contributed by atoms with Gasteiger partial charge in [-0.2, -0.15) is 0 Å². The van der Waals surface area contributed by atoms with Crippen molar-refractivity contribution in [2.24, 2.45) is 0 Å². The third kappa shape index (κ3) is 5.04. The van der Waals surface area contributed by atoms with Crippen LogP contribution >= 0.6 is 0 Å². The van der Waals surface area contributed by atoms with Crippen molar-refractivity contribution < 1.29 is 13.4 Å². The zero-order valence-corrected chi connectivity index (χ0v) is 14.5. The maximum atomic E-state index is 12.4. The predicted molar refractivity (Wildman–Crippen MR) is 90.9 cm³/mol. The first-order valence-electron chi connectivity index (χ1n) is 7.43. The van der Waals surface area contributed by atoms with Gasteiger partial charge in [0.15, 0.2) is 5.76 Å². The SMILES string of the molecule is Cc1ccccc1[S@@](=O)Cc1ccc(C(=O)NCCN(C)C)o1. The molecular weight excluding hydrogens is 312 g/mol. The molecule has 0 aliphatic heterocycles. The van der Waals surface area contributed by atoms with Crippen LogP contribution in [0.5, 0.6) is 0 Å². The highest BCUT2D eigenvalue weighted by molar-refractivity contribution is 7.84. The van der Waals surface area contributed by atoms with Gasteiger partial charge in [-0.3, -0.25) is 9.00 Å². The number of carbonyl (C=O) groups is 1. The zero-order valence-electron chi connectivity index (χ0n) is 13.7. The van der Waals surface area contributed by atoms with Crippen LogP contribution in [0.2, 0.25) is 0 Å². The number of rotatable bonds is 7. The molecule has 0 aliphatic rings. The standard InChI is InChI=1S/C17H22N2O3S/c1-13-6-4-5-7-16(13)23(21)12-14-8-9-15(22-14)17(20)18-10-11-19(2)3/h4-9H,10-12H2,1-3H3,(H,18,20)/t23-/m0/s1. The Labute approximate surface area is 139 Å². The topological polar surface area (TPSA) is 62.6 Å². The first-order valence-corrected chi connectivity index (χ1v) is 8.75. The molecule has 1 aromatic carbocycles. The summed E-state index contributed by atoms with van der Waals surface area (Å²) in [6.45, 7) is 3.24. The Morgan fingerprint density at radius 3 is 2.65 bits per heavy atom. The summed E-state index contributed by atoms with van der Waals surface area (Å²) < 4.78 is 17.9. The van der Waals surface area contributed by atoms with Crippen LogP contribution in [0.3, 0.4) is 0 Å². The molecule has 0 bridgehead atoms. The molecule has 1 heterocycles. The second kappa shape index (κ2) is 8.08. The Hall–Kier alpha value is -1.92. The second-order valence-electron chi connectivity index (χ2n) is 5.58. The minimum atomic E-state index is -1.19. The maximum absolute atomic E-state index is 12.4. The summed E-state index contributed by atoms with van der Waals surface area (Å²) in [7, 11) is 2.70. The van der Waals surface area contributed by atoms with E-state index in [1.807, 2.05) is 50.2 Å². The largest absolute Gasteiger partial charge is 0.455 e. The fourth-order valence-electron chi connectivity index (χ4n) is 2.08. The molecule has 1 aromatic heterocycles. The Morgan fingerprint density at radius 2 is 1.96 bits per heavy atom. The molecule has 124 valence electrons. The van der Waals surface area contributed by atoms with Crippen LogP contribution in [0, 0.1) is 6.92 Å². The normalized spacial score (nSPS) is 12.3. The van der Waals surface area contributed by atoms with Gasteiger partial charge in [0.2, 0.25) is 0 Å². The van der Waals surface area contributed by atoms with Crippen molar-refractivity contribution in [3.63, 3.8) is 0 Å². The van der Waals surface area contributed by atoms with Crippen molar-refractivity contribution in [3.05, 3.63) is 53.5 Å². The van der Waals surface area contributed by atoms with Gasteiger partial charge in [0.25, 0.3) is 5.91 Å². The van der Waals surface area contributed by atoms with Crippen molar-refractivity contribution in [2.75, 3.05) is 27.2 Å². The highest BCUT2D eigenvalue weighted by Crippen LogP contribution is 2.17. The Balaban J connectivity index is 1.95. The molecule has 2 aromatic rings. The number of benzene rings is 1. The van der Waals surface area contributed by atoms with E-state index in [2.05, 4.69) is 5.32 Å². The summed E-state index contributed by atoms with van der Waals surface area (Å²) in [6.07, 6.45) is 0. The van der Waals surface area contributed by atoms with Crippen molar-refractivity contribution in [1.29, 1.82) is 0 Å². The summed E-state index contributed by atoms with van der Waals surface area (Å²) in [5.74, 6) is 0.806. The molecule has 1 N–H and O–H groups in total. The predicted octanol–water partition coefficient (Wildman–Crippen LogP) is 2.19. The minimum absolute atomic E-state index is 0.250.